The molecule has 0 radical (unpaired) electrons. The van der Waals surface area contributed by atoms with Gasteiger partial charge in [0.25, 0.3) is 5.91 Å². The van der Waals surface area contributed by atoms with E-state index in [1.54, 1.807) is 23.1 Å². The number of amides is 1. The third-order valence-corrected chi connectivity index (χ3v) is 4.42. The Kier molecular flexibility index (Phi) is 3.65. The number of phenolic OH excluding ortho intramolecular Hbond substituents is 1. The summed E-state index contributed by atoms with van der Waals surface area (Å²) in [6.07, 6.45) is -0.391. The van der Waals surface area contributed by atoms with E-state index in [0.29, 0.717) is 5.56 Å². The van der Waals surface area contributed by atoms with Gasteiger partial charge in [-0.15, -0.1) is 0 Å². The summed E-state index contributed by atoms with van der Waals surface area (Å²) < 4.78 is 0. The lowest BCUT2D eigenvalue weighted by molar-refractivity contribution is 0.0975. The summed E-state index contributed by atoms with van der Waals surface area (Å²) in [5.41, 5.74) is 4.20. The second-order valence-electron chi connectivity index (χ2n) is 6.20. The van der Waals surface area contributed by atoms with Crippen molar-refractivity contribution in [2.75, 3.05) is 10.2 Å². The fraction of sp³-hybridized carbons (Fsp3) is 0.0952. The van der Waals surface area contributed by atoms with Crippen LogP contribution in [0.15, 0.2) is 72.8 Å². The number of hydrogen-bond acceptors (Lipinski definition) is 3. The average Bonchev–Trinajstić information content (AvgIpc) is 2.63. The van der Waals surface area contributed by atoms with Gasteiger partial charge in [-0.3, -0.25) is 9.69 Å². The maximum absolute atomic E-state index is 13.2. The molecule has 4 heteroatoms. The van der Waals surface area contributed by atoms with Gasteiger partial charge in [0.2, 0.25) is 0 Å². The zero-order chi connectivity index (χ0) is 17.4. The number of aromatic hydroxyl groups is 1. The highest BCUT2D eigenvalue weighted by atomic mass is 16.3. The minimum Gasteiger partial charge on any atom is -0.508 e. The molecule has 2 N–H and O–H groups in total. The van der Waals surface area contributed by atoms with Crippen LogP contribution in [0, 0.1) is 6.92 Å². The molecule has 0 bridgehead atoms. The highest BCUT2D eigenvalue weighted by molar-refractivity contribution is 6.12. The number of anilines is 2. The molecule has 0 saturated heterocycles. The van der Waals surface area contributed by atoms with E-state index < -0.39 is 6.17 Å². The Balaban J connectivity index is 1.87. The van der Waals surface area contributed by atoms with Gasteiger partial charge < -0.3 is 10.4 Å². The molecular formula is C21H18N2O2. The second-order valence-corrected chi connectivity index (χ2v) is 6.20. The number of phenols is 1. The van der Waals surface area contributed by atoms with Crippen molar-refractivity contribution in [2.45, 2.75) is 13.1 Å². The first-order valence-electron chi connectivity index (χ1n) is 8.18. The first-order valence-corrected chi connectivity index (χ1v) is 8.18. The summed E-state index contributed by atoms with van der Waals surface area (Å²) in [5, 5.41) is 13.3. The maximum atomic E-state index is 13.2. The van der Waals surface area contributed by atoms with Gasteiger partial charge in [-0.05, 0) is 48.9 Å². The number of hydrogen-bond donors (Lipinski definition) is 2. The molecule has 0 unspecified atom stereocenters. The standard InChI is InChI=1S/C21H18N2O2/c1-14-9-11-16(12-10-14)23-20(15-5-4-6-17(24)13-15)22-19-8-3-2-7-18(19)21(23)25/h2-13,20,22,24H,1H3/t20-/m1/s1. The molecule has 25 heavy (non-hydrogen) atoms. The number of benzene rings is 3. The van der Waals surface area contributed by atoms with Crippen molar-refractivity contribution in [3.8, 4) is 5.75 Å². The van der Waals surface area contributed by atoms with E-state index in [-0.39, 0.29) is 11.7 Å². The molecule has 0 aromatic heterocycles. The summed E-state index contributed by atoms with van der Waals surface area (Å²) in [5.74, 6) is 0.112. The number of nitrogens with zero attached hydrogens (tertiary/aromatic N) is 1. The molecule has 124 valence electrons. The van der Waals surface area contributed by atoms with E-state index in [1.807, 2.05) is 61.5 Å². The van der Waals surface area contributed by atoms with Gasteiger partial charge in [0, 0.05) is 11.4 Å². The SMILES string of the molecule is Cc1ccc(N2C(=O)c3ccccc3N[C@H]2c2cccc(O)c2)cc1. The molecule has 3 aromatic rings. The molecule has 1 amide bonds. The number of carbonyl (C=O) groups excluding carboxylic acids is 1. The molecule has 0 spiro atoms. The van der Waals surface area contributed by atoms with Crippen LogP contribution < -0.4 is 10.2 Å². The van der Waals surface area contributed by atoms with Crippen molar-refractivity contribution in [3.63, 3.8) is 0 Å². The highest BCUT2D eigenvalue weighted by Crippen LogP contribution is 2.37. The molecule has 1 aliphatic rings. The number of fused-ring (bicyclic) bond motifs is 1. The minimum atomic E-state index is -0.391. The van der Waals surface area contributed by atoms with Gasteiger partial charge >= 0.3 is 0 Å². The molecule has 0 fully saturated rings. The second kappa shape index (κ2) is 5.98. The average molecular weight is 330 g/mol. The monoisotopic (exact) mass is 330 g/mol. The van der Waals surface area contributed by atoms with Crippen molar-refractivity contribution >= 4 is 17.3 Å². The van der Waals surface area contributed by atoms with E-state index >= 15 is 0 Å². The van der Waals surface area contributed by atoms with Crippen molar-refractivity contribution < 1.29 is 9.90 Å². The van der Waals surface area contributed by atoms with Gasteiger partial charge in [0.05, 0.1) is 5.56 Å². The molecule has 1 heterocycles. The van der Waals surface area contributed by atoms with Crippen LogP contribution in [-0.4, -0.2) is 11.0 Å². The van der Waals surface area contributed by atoms with E-state index in [2.05, 4.69) is 5.32 Å². The molecule has 0 aliphatic carbocycles. The van der Waals surface area contributed by atoms with Crippen LogP contribution in [0.1, 0.15) is 27.7 Å². The largest absolute Gasteiger partial charge is 0.508 e. The van der Waals surface area contributed by atoms with E-state index in [4.69, 9.17) is 0 Å². The smallest absolute Gasteiger partial charge is 0.262 e. The van der Waals surface area contributed by atoms with Crippen LogP contribution in [0.4, 0.5) is 11.4 Å². The third-order valence-electron chi connectivity index (χ3n) is 4.42. The first-order chi connectivity index (χ1) is 12.1. The van der Waals surface area contributed by atoms with Crippen LogP contribution >= 0.6 is 0 Å². The minimum absolute atomic E-state index is 0.0634. The van der Waals surface area contributed by atoms with Gasteiger partial charge in [0.15, 0.2) is 0 Å². The normalized spacial score (nSPS) is 16.3. The summed E-state index contributed by atoms with van der Waals surface area (Å²) in [6, 6.07) is 22.3. The Hall–Kier alpha value is -3.27. The molecule has 3 aromatic carbocycles. The highest BCUT2D eigenvalue weighted by Gasteiger charge is 2.33. The van der Waals surface area contributed by atoms with Crippen molar-refractivity contribution in [2.24, 2.45) is 0 Å². The molecule has 0 saturated carbocycles. The summed E-state index contributed by atoms with van der Waals surface area (Å²) in [4.78, 5) is 14.9. The summed E-state index contributed by atoms with van der Waals surface area (Å²) >= 11 is 0. The molecule has 1 aliphatic heterocycles. The first kappa shape index (κ1) is 15.3. The van der Waals surface area contributed by atoms with E-state index in [1.165, 1.54) is 0 Å². The van der Waals surface area contributed by atoms with Crippen LogP contribution in [0.25, 0.3) is 0 Å². The number of aryl methyl sites for hydroxylation is 1. The number of carbonyl (C=O) groups is 1. The van der Waals surface area contributed by atoms with Crippen LogP contribution in [0.3, 0.4) is 0 Å². The number of para-hydroxylation sites is 1. The topological polar surface area (TPSA) is 52.6 Å². The van der Waals surface area contributed by atoms with E-state index in [9.17, 15) is 9.90 Å². The molecule has 4 nitrogen and oxygen atoms in total. The molecular weight excluding hydrogens is 312 g/mol. The van der Waals surface area contributed by atoms with Crippen LogP contribution in [-0.2, 0) is 0 Å². The van der Waals surface area contributed by atoms with Crippen molar-refractivity contribution in [1.29, 1.82) is 0 Å². The zero-order valence-corrected chi connectivity index (χ0v) is 13.8. The zero-order valence-electron chi connectivity index (χ0n) is 13.8. The number of rotatable bonds is 2. The van der Waals surface area contributed by atoms with E-state index in [0.717, 1.165) is 22.5 Å². The molecule has 4 rings (SSSR count). The van der Waals surface area contributed by atoms with Gasteiger partial charge in [-0.2, -0.15) is 0 Å². The Morgan fingerprint density at radius 1 is 0.960 bits per heavy atom. The lowest BCUT2D eigenvalue weighted by atomic mass is 10.0. The van der Waals surface area contributed by atoms with Gasteiger partial charge in [-0.1, -0.05) is 42.0 Å². The maximum Gasteiger partial charge on any atom is 0.262 e. The Bertz CT molecular complexity index is 935. The Morgan fingerprint density at radius 2 is 1.72 bits per heavy atom. The summed E-state index contributed by atoms with van der Waals surface area (Å²) in [7, 11) is 0. The Morgan fingerprint density at radius 3 is 2.48 bits per heavy atom. The van der Waals surface area contributed by atoms with Crippen molar-refractivity contribution in [1.82, 2.24) is 0 Å². The quantitative estimate of drug-likeness (QED) is 0.729. The van der Waals surface area contributed by atoms with Crippen LogP contribution in [0.2, 0.25) is 0 Å². The summed E-state index contributed by atoms with van der Waals surface area (Å²) in [6.45, 7) is 2.02. The third kappa shape index (κ3) is 2.72. The predicted octanol–water partition coefficient (Wildman–Crippen LogP) is 4.47. The predicted molar refractivity (Wildman–Crippen MR) is 98.9 cm³/mol. The fourth-order valence-electron chi connectivity index (χ4n) is 3.15. The van der Waals surface area contributed by atoms with Gasteiger partial charge in [-0.25, -0.2) is 0 Å². The molecule has 1 atom stereocenters. The van der Waals surface area contributed by atoms with Crippen LogP contribution in [0.5, 0.6) is 5.75 Å². The fourth-order valence-corrected chi connectivity index (χ4v) is 3.15. The lowest BCUT2D eigenvalue weighted by Crippen LogP contribution is -2.43. The van der Waals surface area contributed by atoms with Gasteiger partial charge in [0.1, 0.15) is 11.9 Å². The van der Waals surface area contributed by atoms with Crippen molar-refractivity contribution in [3.05, 3.63) is 89.5 Å². The Labute approximate surface area is 146 Å². The number of nitrogens with one attached hydrogen (secondary N) is 1. The lowest BCUT2D eigenvalue weighted by Gasteiger charge is -2.38.